The summed E-state index contributed by atoms with van der Waals surface area (Å²) in [6.45, 7) is 0.426. The van der Waals surface area contributed by atoms with E-state index in [1.807, 2.05) is 18.3 Å². The van der Waals surface area contributed by atoms with Crippen LogP contribution in [0.1, 0.15) is 24.3 Å². The van der Waals surface area contributed by atoms with E-state index < -0.39 is 12.5 Å². The molecule has 0 spiro atoms. The van der Waals surface area contributed by atoms with Gasteiger partial charge in [-0.25, -0.2) is 9.78 Å². The predicted octanol–water partition coefficient (Wildman–Crippen LogP) is 3.95. The number of piperidine rings is 1. The van der Waals surface area contributed by atoms with Crippen LogP contribution in [0.25, 0.3) is 21.9 Å². The minimum Gasteiger partial charge on any atom is -0.356 e. The molecule has 3 aromatic heterocycles. The van der Waals surface area contributed by atoms with Crippen molar-refractivity contribution in [1.82, 2.24) is 19.9 Å². The van der Waals surface area contributed by atoms with Gasteiger partial charge in [0.25, 0.3) is 0 Å². The minimum atomic E-state index is -4.96. The average Bonchev–Trinajstić information content (AvgIpc) is 3.09. The second-order valence-corrected chi connectivity index (χ2v) is 6.23. The lowest BCUT2D eigenvalue weighted by Gasteiger charge is -2.32. The zero-order valence-electron chi connectivity index (χ0n) is 13.6. The number of pyridine rings is 2. The SMILES string of the molecule is O=C(OC(F)(F)F)N1CCC(c2ccnc3cnc4[nH]ccc4c23)CC1. The molecule has 6 nitrogen and oxygen atoms in total. The Morgan fingerprint density at radius 1 is 1.23 bits per heavy atom. The zero-order chi connectivity index (χ0) is 18.3. The Bertz CT molecular complexity index is 961. The Balaban J connectivity index is 1.58. The Labute approximate surface area is 146 Å². The van der Waals surface area contributed by atoms with Gasteiger partial charge in [-0.3, -0.25) is 4.98 Å². The molecule has 0 unspecified atom stereocenters. The quantitative estimate of drug-likeness (QED) is 0.710. The standard InChI is InChI=1S/C17H15F3N4O2/c18-17(19,20)26-16(25)24-7-3-10(4-8-24)11-1-5-21-13-9-23-15-12(14(11)13)2-6-22-15/h1-2,5-6,9-10H,3-4,7-8H2,(H,22,23). The fraction of sp³-hybridized carbons (Fsp3) is 0.353. The Hall–Kier alpha value is -2.84. The number of nitrogens with zero attached hydrogens (tertiary/aromatic N) is 3. The van der Waals surface area contributed by atoms with Gasteiger partial charge in [-0.2, -0.15) is 0 Å². The molecule has 1 aliphatic heterocycles. The van der Waals surface area contributed by atoms with Crippen molar-refractivity contribution in [3.8, 4) is 0 Å². The highest BCUT2D eigenvalue weighted by molar-refractivity contribution is 6.05. The fourth-order valence-electron chi connectivity index (χ4n) is 3.56. The summed E-state index contributed by atoms with van der Waals surface area (Å²) in [5.74, 6) is 0.121. The summed E-state index contributed by atoms with van der Waals surface area (Å²) in [7, 11) is 0. The maximum Gasteiger partial charge on any atom is 0.576 e. The maximum absolute atomic E-state index is 12.2. The second kappa shape index (κ2) is 6.15. The number of rotatable bonds is 1. The van der Waals surface area contributed by atoms with E-state index in [0.29, 0.717) is 12.8 Å². The van der Waals surface area contributed by atoms with Crippen LogP contribution in [-0.2, 0) is 4.74 Å². The molecule has 1 N–H and O–H groups in total. The number of nitrogens with one attached hydrogen (secondary N) is 1. The molecule has 26 heavy (non-hydrogen) atoms. The first-order valence-corrected chi connectivity index (χ1v) is 8.18. The van der Waals surface area contributed by atoms with E-state index in [9.17, 15) is 18.0 Å². The van der Waals surface area contributed by atoms with Crippen molar-refractivity contribution >= 4 is 28.0 Å². The third kappa shape index (κ3) is 3.04. The third-order valence-electron chi connectivity index (χ3n) is 4.72. The maximum atomic E-state index is 12.2. The first kappa shape index (κ1) is 16.6. The van der Waals surface area contributed by atoms with E-state index in [-0.39, 0.29) is 19.0 Å². The third-order valence-corrected chi connectivity index (χ3v) is 4.72. The van der Waals surface area contributed by atoms with E-state index in [0.717, 1.165) is 32.4 Å². The number of aromatic nitrogens is 3. The summed E-state index contributed by atoms with van der Waals surface area (Å²) >= 11 is 0. The molecule has 0 atom stereocenters. The van der Waals surface area contributed by atoms with Crippen molar-refractivity contribution in [2.24, 2.45) is 0 Å². The van der Waals surface area contributed by atoms with Crippen LogP contribution in [0.15, 0.2) is 30.7 Å². The molecule has 4 rings (SSSR count). The van der Waals surface area contributed by atoms with Crippen LogP contribution in [0.4, 0.5) is 18.0 Å². The number of carbonyl (C=O) groups is 1. The molecule has 1 saturated heterocycles. The first-order valence-electron chi connectivity index (χ1n) is 8.18. The van der Waals surface area contributed by atoms with Crippen molar-refractivity contribution in [3.05, 3.63) is 36.3 Å². The van der Waals surface area contributed by atoms with Gasteiger partial charge in [0, 0.05) is 36.3 Å². The number of ether oxygens (including phenoxy) is 1. The molecule has 0 aromatic carbocycles. The highest BCUT2D eigenvalue weighted by Crippen LogP contribution is 2.35. The van der Waals surface area contributed by atoms with Crippen LogP contribution in [-0.4, -0.2) is 45.4 Å². The number of hydrogen-bond acceptors (Lipinski definition) is 4. The van der Waals surface area contributed by atoms with E-state index in [2.05, 4.69) is 19.7 Å². The molecule has 136 valence electrons. The molecule has 9 heteroatoms. The van der Waals surface area contributed by atoms with Gasteiger partial charge < -0.3 is 14.6 Å². The smallest absolute Gasteiger partial charge is 0.356 e. The van der Waals surface area contributed by atoms with Crippen LogP contribution >= 0.6 is 0 Å². The number of carbonyl (C=O) groups excluding carboxylic acids is 1. The van der Waals surface area contributed by atoms with E-state index >= 15 is 0 Å². The van der Waals surface area contributed by atoms with Gasteiger partial charge in [0.15, 0.2) is 0 Å². The molecule has 1 aliphatic rings. The highest BCUT2D eigenvalue weighted by Gasteiger charge is 2.37. The molecular formula is C17H15F3N4O2. The van der Waals surface area contributed by atoms with Crippen molar-refractivity contribution in [2.75, 3.05) is 13.1 Å². The molecule has 0 saturated carbocycles. The number of halogens is 3. The zero-order valence-corrected chi connectivity index (χ0v) is 13.6. The monoisotopic (exact) mass is 364 g/mol. The summed E-state index contributed by atoms with van der Waals surface area (Å²) in [5.41, 5.74) is 2.61. The van der Waals surface area contributed by atoms with E-state index in [1.165, 1.54) is 0 Å². The van der Waals surface area contributed by atoms with Crippen molar-refractivity contribution in [1.29, 1.82) is 0 Å². The lowest BCUT2D eigenvalue weighted by Crippen LogP contribution is -2.40. The van der Waals surface area contributed by atoms with Crippen molar-refractivity contribution in [2.45, 2.75) is 25.1 Å². The summed E-state index contributed by atoms with van der Waals surface area (Å²) in [5, 5.41) is 1.96. The number of alkyl halides is 3. The Morgan fingerprint density at radius 3 is 2.73 bits per heavy atom. The lowest BCUT2D eigenvalue weighted by molar-refractivity contribution is -0.294. The summed E-state index contributed by atoms with van der Waals surface area (Å²) in [6, 6.07) is 3.87. The normalized spacial score (nSPS) is 16.3. The number of fused-ring (bicyclic) bond motifs is 3. The molecule has 1 fully saturated rings. The fourth-order valence-corrected chi connectivity index (χ4v) is 3.56. The Morgan fingerprint density at radius 2 is 2.00 bits per heavy atom. The van der Waals surface area contributed by atoms with Gasteiger partial charge in [0.1, 0.15) is 5.65 Å². The number of amides is 1. The van der Waals surface area contributed by atoms with E-state index in [1.54, 1.807) is 12.4 Å². The van der Waals surface area contributed by atoms with Crippen LogP contribution in [0, 0.1) is 0 Å². The topological polar surface area (TPSA) is 71.1 Å². The molecule has 3 aromatic rings. The number of aromatic amines is 1. The summed E-state index contributed by atoms with van der Waals surface area (Å²) in [4.78, 5) is 24.4. The molecule has 0 bridgehead atoms. The van der Waals surface area contributed by atoms with Gasteiger partial charge in [0.05, 0.1) is 11.7 Å². The van der Waals surface area contributed by atoms with Gasteiger partial charge >= 0.3 is 12.5 Å². The van der Waals surface area contributed by atoms with Crippen LogP contribution in [0.5, 0.6) is 0 Å². The highest BCUT2D eigenvalue weighted by atomic mass is 19.4. The molecular weight excluding hydrogens is 349 g/mol. The largest absolute Gasteiger partial charge is 0.576 e. The van der Waals surface area contributed by atoms with E-state index in [4.69, 9.17) is 0 Å². The van der Waals surface area contributed by atoms with Gasteiger partial charge in [-0.1, -0.05) is 0 Å². The summed E-state index contributed by atoms with van der Waals surface area (Å²) < 4.78 is 40.1. The second-order valence-electron chi connectivity index (χ2n) is 6.23. The van der Waals surface area contributed by atoms with Crippen LogP contribution in [0.2, 0.25) is 0 Å². The average molecular weight is 364 g/mol. The number of hydrogen-bond donors (Lipinski definition) is 1. The van der Waals surface area contributed by atoms with Crippen LogP contribution in [0.3, 0.4) is 0 Å². The van der Waals surface area contributed by atoms with Gasteiger partial charge in [-0.15, -0.1) is 13.2 Å². The first-order chi connectivity index (χ1) is 12.4. The van der Waals surface area contributed by atoms with Gasteiger partial charge in [-0.05, 0) is 36.5 Å². The van der Waals surface area contributed by atoms with Gasteiger partial charge in [0.2, 0.25) is 0 Å². The molecule has 0 radical (unpaired) electrons. The van der Waals surface area contributed by atoms with Crippen molar-refractivity contribution < 1.29 is 22.7 Å². The number of likely N-dealkylation sites (tertiary alicyclic amines) is 1. The summed E-state index contributed by atoms with van der Waals surface area (Å²) in [6.07, 6.45) is 0.0369. The molecule has 0 aliphatic carbocycles. The van der Waals surface area contributed by atoms with Crippen LogP contribution < -0.4 is 0 Å². The predicted molar refractivity (Wildman–Crippen MR) is 87.5 cm³/mol. The Kier molecular flexibility index (Phi) is 3.93. The molecule has 4 heterocycles. The molecule has 1 amide bonds. The van der Waals surface area contributed by atoms with Crippen molar-refractivity contribution in [3.63, 3.8) is 0 Å². The number of H-pyrrole nitrogens is 1. The lowest BCUT2D eigenvalue weighted by atomic mass is 9.87. The minimum absolute atomic E-state index is 0.121.